The minimum absolute atomic E-state index is 0.246. The topological polar surface area (TPSA) is 30.5 Å². The SMILES string of the molecule is CNC(c1c(C)cc(C)cc1OC)C1C(C)OC(C)C1C. The highest BCUT2D eigenvalue weighted by Crippen LogP contribution is 2.43. The molecule has 1 heterocycles. The summed E-state index contributed by atoms with van der Waals surface area (Å²) in [5, 5.41) is 3.52. The smallest absolute Gasteiger partial charge is 0.124 e. The second-order valence-electron chi connectivity index (χ2n) is 6.45. The summed E-state index contributed by atoms with van der Waals surface area (Å²) in [6, 6.07) is 4.60. The van der Waals surface area contributed by atoms with Gasteiger partial charge in [-0.15, -0.1) is 0 Å². The second kappa shape index (κ2) is 6.37. The van der Waals surface area contributed by atoms with Gasteiger partial charge in [-0.05, 0) is 57.9 Å². The van der Waals surface area contributed by atoms with Crippen molar-refractivity contribution in [3.05, 3.63) is 28.8 Å². The Kier molecular flexibility index (Phi) is 4.95. The van der Waals surface area contributed by atoms with E-state index in [4.69, 9.17) is 9.47 Å². The maximum Gasteiger partial charge on any atom is 0.124 e. The standard InChI is InChI=1S/C18H29NO2/c1-10-8-11(2)16(15(9-10)20-7)18(19-6)17-12(3)13(4)21-14(17)5/h8-9,12-14,17-19H,1-7H3. The van der Waals surface area contributed by atoms with Crippen LogP contribution < -0.4 is 10.1 Å². The number of ether oxygens (including phenoxy) is 2. The Morgan fingerprint density at radius 2 is 1.81 bits per heavy atom. The van der Waals surface area contributed by atoms with Crippen LogP contribution in [0.1, 0.15) is 43.5 Å². The van der Waals surface area contributed by atoms with Crippen LogP contribution in [0, 0.1) is 25.7 Å². The van der Waals surface area contributed by atoms with Gasteiger partial charge in [0.2, 0.25) is 0 Å². The lowest BCUT2D eigenvalue weighted by Gasteiger charge is -2.31. The predicted octanol–water partition coefficient (Wildman–Crippen LogP) is 3.63. The summed E-state index contributed by atoms with van der Waals surface area (Å²) < 4.78 is 11.7. The summed E-state index contributed by atoms with van der Waals surface area (Å²) in [7, 11) is 3.79. The van der Waals surface area contributed by atoms with E-state index < -0.39 is 0 Å². The molecular weight excluding hydrogens is 262 g/mol. The van der Waals surface area contributed by atoms with Crippen LogP contribution in [0.3, 0.4) is 0 Å². The molecule has 3 nitrogen and oxygen atoms in total. The van der Waals surface area contributed by atoms with Gasteiger partial charge in [-0.3, -0.25) is 0 Å². The molecule has 0 aromatic heterocycles. The van der Waals surface area contributed by atoms with Crippen molar-refractivity contribution in [1.82, 2.24) is 5.32 Å². The maximum atomic E-state index is 6.05. The minimum atomic E-state index is 0.246. The Bertz CT molecular complexity index is 500. The second-order valence-corrected chi connectivity index (χ2v) is 6.45. The number of methoxy groups -OCH3 is 1. The third kappa shape index (κ3) is 2.95. The molecule has 1 aliphatic heterocycles. The van der Waals surface area contributed by atoms with Gasteiger partial charge in [0.25, 0.3) is 0 Å². The van der Waals surface area contributed by atoms with Crippen molar-refractivity contribution in [1.29, 1.82) is 0 Å². The molecule has 5 atom stereocenters. The summed E-state index contributed by atoms with van der Waals surface area (Å²) in [5.74, 6) is 1.94. The number of hydrogen-bond donors (Lipinski definition) is 1. The third-order valence-electron chi connectivity index (χ3n) is 5.04. The fraction of sp³-hybridized carbons (Fsp3) is 0.667. The minimum Gasteiger partial charge on any atom is -0.496 e. The molecule has 0 amide bonds. The molecule has 2 rings (SSSR count). The zero-order valence-corrected chi connectivity index (χ0v) is 14.4. The van der Waals surface area contributed by atoms with Crippen molar-refractivity contribution >= 4 is 0 Å². The summed E-state index contributed by atoms with van der Waals surface area (Å²) >= 11 is 0. The zero-order valence-electron chi connectivity index (χ0n) is 14.4. The normalized spacial score (nSPS) is 30.4. The molecule has 1 N–H and O–H groups in total. The summed E-state index contributed by atoms with van der Waals surface area (Å²) in [4.78, 5) is 0. The lowest BCUT2D eigenvalue weighted by Crippen LogP contribution is -2.33. The van der Waals surface area contributed by atoms with Crippen molar-refractivity contribution in [2.45, 2.75) is 52.9 Å². The van der Waals surface area contributed by atoms with Gasteiger partial charge in [-0.25, -0.2) is 0 Å². The number of benzene rings is 1. The fourth-order valence-electron chi connectivity index (χ4n) is 3.90. The van der Waals surface area contributed by atoms with E-state index in [1.54, 1.807) is 7.11 Å². The van der Waals surface area contributed by atoms with E-state index in [1.165, 1.54) is 16.7 Å². The lowest BCUT2D eigenvalue weighted by molar-refractivity contribution is 0.0477. The summed E-state index contributed by atoms with van der Waals surface area (Å²) in [6.45, 7) is 10.9. The lowest BCUT2D eigenvalue weighted by atomic mass is 9.79. The van der Waals surface area contributed by atoms with Crippen LogP contribution >= 0.6 is 0 Å². The Labute approximate surface area is 129 Å². The Balaban J connectivity index is 2.47. The van der Waals surface area contributed by atoms with Crippen molar-refractivity contribution in [2.75, 3.05) is 14.2 Å². The number of aryl methyl sites for hydroxylation is 2. The Morgan fingerprint density at radius 1 is 1.14 bits per heavy atom. The van der Waals surface area contributed by atoms with E-state index in [9.17, 15) is 0 Å². The van der Waals surface area contributed by atoms with Crippen molar-refractivity contribution in [3.8, 4) is 5.75 Å². The first-order valence-electron chi connectivity index (χ1n) is 7.88. The van der Waals surface area contributed by atoms with Crippen LogP contribution in [0.15, 0.2) is 12.1 Å². The van der Waals surface area contributed by atoms with Gasteiger partial charge in [0.1, 0.15) is 5.75 Å². The highest BCUT2D eigenvalue weighted by molar-refractivity contribution is 5.45. The first kappa shape index (κ1) is 16.3. The molecule has 0 radical (unpaired) electrons. The molecule has 5 unspecified atom stereocenters. The third-order valence-corrected chi connectivity index (χ3v) is 5.04. The van der Waals surface area contributed by atoms with Gasteiger partial charge in [-0.1, -0.05) is 13.0 Å². The maximum absolute atomic E-state index is 6.05. The van der Waals surface area contributed by atoms with Crippen molar-refractivity contribution in [3.63, 3.8) is 0 Å². The first-order valence-corrected chi connectivity index (χ1v) is 7.88. The average Bonchev–Trinajstić information content (AvgIpc) is 2.67. The molecule has 1 aromatic rings. The van der Waals surface area contributed by atoms with Crippen LogP contribution in [0.25, 0.3) is 0 Å². The molecule has 118 valence electrons. The van der Waals surface area contributed by atoms with Crippen LogP contribution in [0.5, 0.6) is 5.75 Å². The molecule has 1 saturated heterocycles. The predicted molar refractivity (Wildman–Crippen MR) is 86.9 cm³/mol. The van der Waals surface area contributed by atoms with E-state index in [0.29, 0.717) is 17.9 Å². The largest absolute Gasteiger partial charge is 0.496 e. The molecule has 0 aliphatic carbocycles. The molecule has 0 bridgehead atoms. The van der Waals surface area contributed by atoms with Gasteiger partial charge in [0.15, 0.2) is 0 Å². The van der Waals surface area contributed by atoms with E-state index >= 15 is 0 Å². The van der Waals surface area contributed by atoms with Gasteiger partial charge < -0.3 is 14.8 Å². The average molecular weight is 291 g/mol. The highest BCUT2D eigenvalue weighted by Gasteiger charge is 2.42. The van der Waals surface area contributed by atoms with Crippen LogP contribution in [0.4, 0.5) is 0 Å². The van der Waals surface area contributed by atoms with Gasteiger partial charge in [0.05, 0.1) is 19.3 Å². The van der Waals surface area contributed by atoms with Crippen LogP contribution in [-0.2, 0) is 4.74 Å². The summed E-state index contributed by atoms with van der Waals surface area (Å²) in [5.41, 5.74) is 3.79. The summed E-state index contributed by atoms with van der Waals surface area (Å²) in [6.07, 6.45) is 0.551. The molecule has 1 fully saturated rings. The number of hydrogen-bond acceptors (Lipinski definition) is 3. The van der Waals surface area contributed by atoms with E-state index in [-0.39, 0.29) is 12.1 Å². The Hall–Kier alpha value is -1.06. The molecule has 1 aromatic carbocycles. The molecule has 21 heavy (non-hydrogen) atoms. The highest BCUT2D eigenvalue weighted by atomic mass is 16.5. The molecular formula is C18H29NO2. The Morgan fingerprint density at radius 3 is 2.29 bits per heavy atom. The van der Waals surface area contributed by atoms with Crippen LogP contribution in [0.2, 0.25) is 0 Å². The van der Waals surface area contributed by atoms with E-state index in [1.807, 2.05) is 7.05 Å². The van der Waals surface area contributed by atoms with Crippen molar-refractivity contribution < 1.29 is 9.47 Å². The molecule has 3 heteroatoms. The van der Waals surface area contributed by atoms with Crippen LogP contribution in [-0.4, -0.2) is 26.4 Å². The van der Waals surface area contributed by atoms with E-state index in [2.05, 4.69) is 52.1 Å². The number of rotatable bonds is 4. The fourth-order valence-corrected chi connectivity index (χ4v) is 3.90. The number of nitrogens with one attached hydrogen (secondary N) is 1. The van der Waals surface area contributed by atoms with Gasteiger partial charge >= 0.3 is 0 Å². The van der Waals surface area contributed by atoms with Gasteiger partial charge in [0, 0.05) is 17.5 Å². The molecule has 0 spiro atoms. The van der Waals surface area contributed by atoms with Crippen molar-refractivity contribution in [2.24, 2.45) is 11.8 Å². The molecule has 1 aliphatic rings. The quantitative estimate of drug-likeness (QED) is 0.919. The van der Waals surface area contributed by atoms with Gasteiger partial charge in [-0.2, -0.15) is 0 Å². The first-order chi connectivity index (χ1) is 9.90. The zero-order chi connectivity index (χ0) is 15.7. The van der Waals surface area contributed by atoms with E-state index in [0.717, 1.165) is 5.75 Å². The monoisotopic (exact) mass is 291 g/mol. The molecule has 0 saturated carbocycles.